The van der Waals surface area contributed by atoms with Crippen LogP contribution in [0.15, 0.2) is 91.0 Å². The Balaban J connectivity index is 1.78. The van der Waals surface area contributed by atoms with Crippen LogP contribution < -0.4 is 11.1 Å². The Morgan fingerprint density at radius 1 is 0.815 bits per heavy atom. The molecule has 0 saturated carbocycles. The van der Waals surface area contributed by atoms with Gasteiger partial charge in [-0.25, -0.2) is 0 Å². The lowest BCUT2D eigenvalue weighted by Gasteiger charge is -2.26. The molecular weight excluding hydrogens is 336 g/mol. The van der Waals surface area contributed by atoms with E-state index in [4.69, 9.17) is 5.73 Å². The van der Waals surface area contributed by atoms with Gasteiger partial charge in [-0.15, -0.1) is 0 Å². The van der Waals surface area contributed by atoms with Gasteiger partial charge in [-0.1, -0.05) is 91.0 Å². The van der Waals surface area contributed by atoms with Crippen LogP contribution in [-0.4, -0.2) is 17.1 Å². The van der Waals surface area contributed by atoms with Crippen molar-refractivity contribution in [2.45, 2.75) is 24.6 Å². The Kier molecular flexibility index (Phi) is 6.36. The van der Waals surface area contributed by atoms with Gasteiger partial charge in [-0.3, -0.25) is 4.79 Å². The van der Waals surface area contributed by atoms with Gasteiger partial charge in [-0.2, -0.15) is 0 Å². The molecule has 1 amide bonds. The molecule has 0 saturated heterocycles. The molecule has 0 aliphatic carbocycles. The van der Waals surface area contributed by atoms with E-state index in [1.807, 2.05) is 91.0 Å². The van der Waals surface area contributed by atoms with Gasteiger partial charge >= 0.3 is 0 Å². The molecule has 4 N–H and O–H groups in total. The van der Waals surface area contributed by atoms with Gasteiger partial charge in [0.25, 0.3) is 0 Å². The van der Waals surface area contributed by atoms with Crippen LogP contribution in [-0.2, 0) is 11.2 Å². The quantitative estimate of drug-likeness (QED) is 0.606. The van der Waals surface area contributed by atoms with Crippen molar-refractivity contribution in [3.63, 3.8) is 0 Å². The first-order valence-corrected chi connectivity index (χ1v) is 9.03. The summed E-state index contributed by atoms with van der Waals surface area (Å²) in [6.07, 6.45) is -0.434. The zero-order valence-corrected chi connectivity index (χ0v) is 15.0. The van der Waals surface area contributed by atoms with E-state index in [-0.39, 0.29) is 5.91 Å². The molecule has 0 aromatic heterocycles. The molecular formula is C23H24N2O2. The molecule has 4 nitrogen and oxygen atoms in total. The van der Waals surface area contributed by atoms with Crippen LogP contribution in [0.5, 0.6) is 0 Å². The molecule has 0 spiro atoms. The maximum absolute atomic E-state index is 12.7. The average Bonchev–Trinajstić information content (AvgIpc) is 2.73. The number of nitrogens with one attached hydrogen (secondary N) is 1. The standard InChI is InChI=1S/C23H24N2O2/c24-20(16-17-10-4-1-5-11-17)23(27)25-21(18-12-6-2-7-13-18)22(26)19-14-8-3-9-15-19/h1-15,20-22,26H,16,24H2,(H,25,27)/t20-,21-,22-/m0/s1. The molecule has 0 unspecified atom stereocenters. The fraction of sp³-hybridized carbons (Fsp3) is 0.174. The highest BCUT2D eigenvalue weighted by Crippen LogP contribution is 2.28. The zero-order valence-electron chi connectivity index (χ0n) is 15.0. The van der Waals surface area contributed by atoms with Crippen molar-refractivity contribution in [1.29, 1.82) is 0 Å². The van der Waals surface area contributed by atoms with E-state index >= 15 is 0 Å². The lowest BCUT2D eigenvalue weighted by Crippen LogP contribution is -2.44. The van der Waals surface area contributed by atoms with E-state index in [0.29, 0.717) is 6.42 Å². The van der Waals surface area contributed by atoms with Crippen LogP contribution in [0.2, 0.25) is 0 Å². The lowest BCUT2D eigenvalue weighted by atomic mass is 9.95. The number of benzene rings is 3. The molecule has 0 heterocycles. The summed E-state index contributed by atoms with van der Waals surface area (Å²) in [6.45, 7) is 0. The van der Waals surface area contributed by atoms with Gasteiger partial charge < -0.3 is 16.2 Å². The largest absolute Gasteiger partial charge is 0.386 e. The highest BCUT2D eigenvalue weighted by atomic mass is 16.3. The Morgan fingerprint density at radius 3 is 1.85 bits per heavy atom. The zero-order chi connectivity index (χ0) is 19.1. The van der Waals surface area contributed by atoms with Crippen molar-refractivity contribution in [3.05, 3.63) is 108 Å². The van der Waals surface area contributed by atoms with Crippen molar-refractivity contribution in [2.24, 2.45) is 5.73 Å². The minimum atomic E-state index is -0.874. The third kappa shape index (κ3) is 5.03. The van der Waals surface area contributed by atoms with Crippen LogP contribution in [0.4, 0.5) is 0 Å². The molecule has 0 aliphatic rings. The van der Waals surface area contributed by atoms with Crippen molar-refractivity contribution < 1.29 is 9.90 Å². The van der Waals surface area contributed by atoms with Crippen LogP contribution in [0.25, 0.3) is 0 Å². The van der Waals surface area contributed by atoms with E-state index in [1.54, 1.807) is 0 Å². The summed E-state index contributed by atoms with van der Waals surface area (Å²) in [4.78, 5) is 12.7. The third-order valence-corrected chi connectivity index (χ3v) is 4.55. The van der Waals surface area contributed by atoms with Crippen molar-refractivity contribution in [1.82, 2.24) is 5.32 Å². The molecule has 0 radical (unpaired) electrons. The second-order valence-corrected chi connectivity index (χ2v) is 6.55. The maximum atomic E-state index is 12.7. The van der Waals surface area contributed by atoms with E-state index in [1.165, 1.54) is 0 Å². The Hall–Kier alpha value is -2.95. The summed E-state index contributed by atoms with van der Waals surface area (Å²) in [7, 11) is 0. The highest BCUT2D eigenvalue weighted by molar-refractivity contribution is 5.82. The van der Waals surface area contributed by atoms with E-state index in [9.17, 15) is 9.90 Å². The number of carbonyl (C=O) groups excluding carboxylic acids is 1. The summed E-state index contributed by atoms with van der Waals surface area (Å²) in [6, 6.07) is 27.1. The molecule has 138 valence electrons. The Morgan fingerprint density at radius 2 is 1.30 bits per heavy atom. The normalized spacial score (nSPS) is 14.1. The molecule has 3 rings (SSSR count). The number of nitrogens with two attached hydrogens (primary N) is 1. The second kappa shape index (κ2) is 9.12. The van der Waals surface area contributed by atoms with E-state index in [0.717, 1.165) is 16.7 Å². The van der Waals surface area contributed by atoms with Crippen LogP contribution in [0.1, 0.15) is 28.8 Å². The average molecular weight is 360 g/mol. The van der Waals surface area contributed by atoms with E-state index < -0.39 is 18.2 Å². The predicted molar refractivity (Wildman–Crippen MR) is 107 cm³/mol. The Bertz CT molecular complexity index is 838. The van der Waals surface area contributed by atoms with Gasteiger partial charge in [0.05, 0.1) is 12.1 Å². The van der Waals surface area contributed by atoms with Crippen molar-refractivity contribution in [2.75, 3.05) is 0 Å². The second-order valence-electron chi connectivity index (χ2n) is 6.55. The first-order valence-electron chi connectivity index (χ1n) is 9.03. The summed E-state index contributed by atoms with van der Waals surface area (Å²) in [5.74, 6) is -0.289. The molecule has 3 aromatic carbocycles. The summed E-state index contributed by atoms with van der Waals surface area (Å²) in [5.41, 5.74) is 8.69. The molecule has 3 aromatic rings. The smallest absolute Gasteiger partial charge is 0.237 e. The lowest BCUT2D eigenvalue weighted by molar-refractivity contribution is -0.124. The molecule has 0 fully saturated rings. The van der Waals surface area contributed by atoms with Crippen molar-refractivity contribution >= 4 is 5.91 Å². The molecule has 0 bridgehead atoms. The van der Waals surface area contributed by atoms with Gasteiger partial charge in [0.2, 0.25) is 5.91 Å². The summed E-state index contributed by atoms with van der Waals surface area (Å²) in [5, 5.41) is 13.8. The minimum absolute atomic E-state index is 0.289. The number of aliphatic hydroxyl groups is 1. The number of hydrogen-bond donors (Lipinski definition) is 3. The topological polar surface area (TPSA) is 75.4 Å². The SMILES string of the molecule is N[C@@H](Cc1ccccc1)C(=O)N[C@@H](c1ccccc1)[C@@H](O)c1ccccc1. The number of carbonyl (C=O) groups is 1. The third-order valence-electron chi connectivity index (χ3n) is 4.55. The Labute approximate surface area is 159 Å². The number of amides is 1. The highest BCUT2D eigenvalue weighted by Gasteiger charge is 2.26. The minimum Gasteiger partial charge on any atom is -0.386 e. The fourth-order valence-electron chi connectivity index (χ4n) is 3.07. The van der Waals surface area contributed by atoms with Gasteiger partial charge in [0.15, 0.2) is 0 Å². The number of rotatable bonds is 7. The van der Waals surface area contributed by atoms with Gasteiger partial charge in [0, 0.05) is 0 Å². The van der Waals surface area contributed by atoms with Crippen LogP contribution >= 0.6 is 0 Å². The summed E-state index contributed by atoms with van der Waals surface area (Å²) < 4.78 is 0. The number of hydrogen-bond acceptors (Lipinski definition) is 3. The molecule has 0 aliphatic heterocycles. The first-order chi connectivity index (χ1) is 13.1. The van der Waals surface area contributed by atoms with Gasteiger partial charge in [0.1, 0.15) is 6.10 Å². The maximum Gasteiger partial charge on any atom is 0.237 e. The van der Waals surface area contributed by atoms with Crippen LogP contribution in [0.3, 0.4) is 0 Å². The predicted octanol–water partition coefficient (Wildman–Crippen LogP) is 3.15. The monoisotopic (exact) mass is 360 g/mol. The van der Waals surface area contributed by atoms with Gasteiger partial charge in [-0.05, 0) is 23.1 Å². The molecule has 3 atom stereocenters. The fourth-order valence-corrected chi connectivity index (χ4v) is 3.07. The summed E-state index contributed by atoms with van der Waals surface area (Å²) >= 11 is 0. The van der Waals surface area contributed by atoms with E-state index in [2.05, 4.69) is 5.32 Å². The molecule has 27 heavy (non-hydrogen) atoms. The van der Waals surface area contributed by atoms with Crippen molar-refractivity contribution in [3.8, 4) is 0 Å². The van der Waals surface area contributed by atoms with Crippen LogP contribution in [0, 0.1) is 0 Å². The number of aliphatic hydroxyl groups excluding tert-OH is 1. The molecule has 4 heteroatoms. The first kappa shape index (κ1) is 18.8.